The standard InChI is InChI=1S/C12H18N4O3/c1-3-14-6-9(16(18)19)4-11(14)12(17)15-5-8(2)10(13)7-15/h4,6,8,10H,3,5,7,13H2,1-2H3. The molecule has 0 aromatic carbocycles. The lowest BCUT2D eigenvalue weighted by molar-refractivity contribution is -0.384. The average molecular weight is 266 g/mol. The summed E-state index contributed by atoms with van der Waals surface area (Å²) in [5.74, 6) is 0.0683. The summed E-state index contributed by atoms with van der Waals surface area (Å²) in [6.07, 6.45) is 1.40. The Morgan fingerprint density at radius 2 is 2.26 bits per heavy atom. The van der Waals surface area contributed by atoms with E-state index < -0.39 is 4.92 Å². The van der Waals surface area contributed by atoms with Gasteiger partial charge >= 0.3 is 0 Å². The maximum absolute atomic E-state index is 12.4. The zero-order valence-electron chi connectivity index (χ0n) is 11.1. The molecule has 1 aromatic rings. The first-order chi connectivity index (χ1) is 8.93. The van der Waals surface area contributed by atoms with Crippen molar-refractivity contribution in [2.24, 2.45) is 11.7 Å². The van der Waals surface area contributed by atoms with Gasteiger partial charge in [-0.25, -0.2) is 0 Å². The monoisotopic (exact) mass is 266 g/mol. The lowest BCUT2D eigenvalue weighted by atomic mass is 10.1. The van der Waals surface area contributed by atoms with Gasteiger partial charge in [-0.3, -0.25) is 14.9 Å². The van der Waals surface area contributed by atoms with Gasteiger partial charge in [0.15, 0.2) is 0 Å². The zero-order chi connectivity index (χ0) is 14.2. The van der Waals surface area contributed by atoms with Gasteiger partial charge in [0.2, 0.25) is 0 Å². The number of nitrogens with zero attached hydrogens (tertiary/aromatic N) is 3. The van der Waals surface area contributed by atoms with E-state index in [0.29, 0.717) is 25.3 Å². The van der Waals surface area contributed by atoms with Gasteiger partial charge in [0, 0.05) is 31.7 Å². The largest absolute Gasteiger partial charge is 0.337 e. The molecule has 0 saturated carbocycles. The van der Waals surface area contributed by atoms with E-state index in [9.17, 15) is 14.9 Å². The highest BCUT2D eigenvalue weighted by atomic mass is 16.6. The van der Waals surface area contributed by atoms with Gasteiger partial charge in [0.1, 0.15) is 5.69 Å². The Hall–Kier alpha value is -1.89. The summed E-state index contributed by atoms with van der Waals surface area (Å²) >= 11 is 0. The van der Waals surface area contributed by atoms with E-state index in [2.05, 4.69) is 0 Å². The number of likely N-dealkylation sites (tertiary alicyclic amines) is 1. The first-order valence-electron chi connectivity index (χ1n) is 6.33. The van der Waals surface area contributed by atoms with Crippen LogP contribution < -0.4 is 5.73 Å². The fourth-order valence-corrected chi connectivity index (χ4v) is 2.36. The van der Waals surface area contributed by atoms with Crippen LogP contribution in [0.2, 0.25) is 0 Å². The van der Waals surface area contributed by atoms with Crippen molar-refractivity contribution < 1.29 is 9.72 Å². The molecule has 7 heteroatoms. The first-order valence-corrected chi connectivity index (χ1v) is 6.33. The lowest BCUT2D eigenvalue weighted by Crippen LogP contribution is -2.33. The van der Waals surface area contributed by atoms with Crippen molar-refractivity contribution in [3.63, 3.8) is 0 Å². The van der Waals surface area contributed by atoms with Gasteiger partial charge < -0.3 is 15.2 Å². The van der Waals surface area contributed by atoms with E-state index in [1.165, 1.54) is 12.3 Å². The quantitative estimate of drug-likeness (QED) is 0.647. The SMILES string of the molecule is CCn1cc([N+](=O)[O-])cc1C(=O)N1CC(C)C(N)C1. The van der Waals surface area contributed by atoms with Gasteiger partial charge in [0.05, 0.1) is 11.1 Å². The third kappa shape index (κ3) is 2.46. The summed E-state index contributed by atoms with van der Waals surface area (Å²) in [5, 5.41) is 10.8. The number of carbonyl (C=O) groups excluding carboxylic acids is 1. The van der Waals surface area contributed by atoms with E-state index >= 15 is 0 Å². The molecule has 2 atom stereocenters. The average Bonchev–Trinajstić information content (AvgIpc) is 2.93. The summed E-state index contributed by atoms with van der Waals surface area (Å²) in [6.45, 7) is 5.47. The minimum atomic E-state index is -0.485. The number of amides is 1. The van der Waals surface area contributed by atoms with Crippen molar-refractivity contribution in [2.75, 3.05) is 13.1 Å². The molecule has 1 aliphatic rings. The third-order valence-corrected chi connectivity index (χ3v) is 3.61. The van der Waals surface area contributed by atoms with Crippen molar-refractivity contribution in [3.8, 4) is 0 Å². The highest BCUT2D eigenvalue weighted by Crippen LogP contribution is 2.21. The second kappa shape index (κ2) is 5.00. The maximum atomic E-state index is 12.4. The molecule has 104 valence electrons. The smallest absolute Gasteiger partial charge is 0.287 e. The first kappa shape index (κ1) is 13.5. The van der Waals surface area contributed by atoms with E-state index in [4.69, 9.17) is 5.73 Å². The predicted molar refractivity (Wildman–Crippen MR) is 69.8 cm³/mol. The van der Waals surface area contributed by atoms with E-state index in [1.54, 1.807) is 9.47 Å². The summed E-state index contributed by atoms with van der Waals surface area (Å²) in [5.41, 5.74) is 6.20. The van der Waals surface area contributed by atoms with Crippen LogP contribution in [0.15, 0.2) is 12.3 Å². The van der Waals surface area contributed by atoms with Gasteiger partial charge in [0.25, 0.3) is 11.6 Å². The van der Waals surface area contributed by atoms with Gasteiger partial charge in [-0.05, 0) is 12.8 Å². The Kier molecular flexibility index (Phi) is 3.57. The van der Waals surface area contributed by atoms with Gasteiger partial charge in [-0.1, -0.05) is 6.92 Å². The summed E-state index contributed by atoms with van der Waals surface area (Å²) in [6, 6.07) is 1.31. The second-order valence-corrected chi connectivity index (χ2v) is 4.98. The lowest BCUT2D eigenvalue weighted by Gasteiger charge is -2.16. The number of aryl methyl sites for hydroxylation is 1. The van der Waals surface area contributed by atoms with Crippen molar-refractivity contribution in [1.29, 1.82) is 0 Å². The Morgan fingerprint density at radius 1 is 1.58 bits per heavy atom. The number of nitrogens with two attached hydrogens (primary N) is 1. The summed E-state index contributed by atoms with van der Waals surface area (Å²) < 4.78 is 1.61. The van der Waals surface area contributed by atoms with Crippen LogP contribution in [-0.4, -0.2) is 39.4 Å². The molecule has 7 nitrogen and oxygen atoms in total. The molecule has 0 spiro atoms. The maximum Gasteiger partial charge on any atom is 0.287 e. The number of carbonyl (C=O) groups is 1. The van der Waals surface area contributed by atoms with Crippen LogP contribution in [0, 0.1) is 16.0 Å². The number of nitro groups is 1. The van der Waals surface area contributed by atoms with Crippen LogP contribution in [-0.2, 0) is 6.54 Å². The van der Waals surface area contributed by atoms with E-state index in [-0.39, 0.29) is 23.6 Å². The fraction of sp³-hybridized carbons (Fsp3) is 0.583. The number of rotatable bonds is 3. The second-order valence-electron chi connectivity index (χ2n) is 4.98. The van der Waals surface area contributed by atoms with Crippen LogP contribution in [0.25, 0.3) is 0 Å². The molecule has 1 amide bonds. The summed E-state index contributed by atoms with van der Waals surface area (Å²) in [7, 11) is 0. The minimum Gasteiger partial charge on any atom is -0.337 e. The molecule has 19 heavy (non-hydrogen) atoms. The van der Waals surface area contributed by atoms with Crippen LogP contribution >= 0.6 is 0 Å². The number of hydrogen-bond donors (Lipinski definition) is 1. The van der Waals surface area contributed by atoms with Crippen LogP contribution in [0.5, 0.6) is 0 Å². The van der Waals surface area contributed by atoms with Crippen LogP contribution in [0.1, 0.15) is 24.3 Å². The van der Waals surface area contributed by atoms with E-state index in [0.717, 1.165) is 0 Å². The molecule has 0 bridgehead atoms. The number of aromatic nitrogens is 1. The molecular formula is C12H18N4O3. The molecule has 2 unspecified atom stereocenters. The molecule has 2 N–H and O–H groups in total. The van der Waals surface area contributed by atoms with Gasteiger partial charge in [-0.2, -0.15) is 0 Å². The Balaban J connectivity index is 2.26. The Morgan fingerprint density at radius 3 is 2.74 bits per heavy atom. The Bertz CT molecular complexity index is 501. The van der Waals surface area contributed by atoms with E-state index in [1.807, 2.05) is 13.8 Å². The van der Waals surface area contributed by atoms with Crippen LogP contribution in [0.3, 0.4) is 0 Å². The van der Waals surface area contributed by atoms with Crippen molar-refractivity contribution >= 4 is 11.6 Å². The molecule has 2 rings (SSSR count). The van der Waals surface area contributed by atoms with Crippen molar-refractivity contribution in [2.45, 2.75) is 26.4 Å². The molecule has 1 aromatic heterocycles. The van der Waals surface area contributed by atoms with Crippen LogP contribution in [0.4, 0.5) is 5.69 Å². The molecule has 1 saturated heterocycles. The zero-order valence-corrected chi connectivity index (χ0v) is 11.1. The molecule has 1 fully saturated rings. The third-order valence-electron chi connectivity index (χ3n) is 3.61. The molecule has 0 radical (unpaired) electrons. The fourth-order valence-electron chi connectivity index (χ4n) is 2.36. The highest BCUT2D eigenvalue weighted by Gasteiger charge is 2.32. The van der Waals surface area contributed by atoms with Crippen molar-refractivity contribution in [3.05, 3.63) is 28.1 Å². The molecule has 0 aliphatic carbocycles. The number of hydrogen-bond acceptors (Lipinski definition) is 4. The highest BCUT2D eigenvalue weighted by molar-refractivity contribution is 5.93. The topological polar surface area (TPSA) is 94.4 Å². The summed E-state index contributed by atoms with van der Waals surface area (Å²) in [4.78, 5) is 24.3. The predicted octanol–water partition coefficient (Wildman–Crippen LogP) is 0.835. The Labute approximate surface area is 111 Å². The van der Waals surface area contributed by atoms with Crippen molar-refractivity contribution in [1.82, 2.24) is 9.47 Å². The molecule has 1 aliphatic heterocycles. The minimum absolute atomic E-state index is 0.0241. The molecular weight excluding hydrogens is 248 g/mol. The normalized spacial score (nSPS) is 22.8. The van der Waals surface area contributed by atoms with Gasteiger partial charge in [-0.15, -0.1) is 0 Å². The molecule has 2 heterocycles.